The van der Waals surface area contributed by atoms with Gasteiger partial charge in [0.25, 0.3) is 0 Å². The Kier molecular flexibility index (Phi) is 4.87. The Morgan fingerprint density at radius 2 is 1.67 bits per heavy atom. The van der Waals surface area contributed by atoms with Crippen LogP contribution in [-0.2, 0) is 0 Å². The molecule has 18 heavy (non-hydrogen) atoms. The van der Waals surface area contributed by atoms with Crippen molar-refractivity contribution in [3.05, 3.63) is 17.7 Å². The van der Waals surface area contributed by atoms with Crippen LogP contribution in [0.4, 0.5) is 20.4 Å². The zero-order chi connectivity index (χ0) is 13.8. The number of aromatic nitrogens is 1. The normalized spacial score (nSPS) is 11.4. The minimum Gasteiger partial charge on any atom is -0.368 e. The zero-order valence-electron chi connectivity index (χ0n) is 11.4. The Balaban J connectivity index is 2.73. The van der Waals surface area contributed by atoms with E-state index in [9.17, 15) is 8.78 Å². The summed E-state index contributed by atoms with van der Waals surface area (Å²) in [6.45, 7) is 9.28. The average molecular weight is 257 g/mol. The Morgan fingerprint density at radius 1 is 1.11 bits per heavy atom. The fraction of sp³-hybridized carbons (Fsp3) is 0.615. The summed E-state index contributed by atoms with van der Waals surface area (Å²) in [5.41, 5.74) is 0.161. The first kappa shape index (κ1) is 14.7. The molecule has 1 aromatic heterocycles. The molecule has 5 heteroatoms. The predicted octanol–water partition coefficient (Wildman–Crippen LogP) is 3.64. The van der Waals surface area contributed by atoms with Gasteiger partial charge in [-0.25, -0.2) is 13.8 Å². The molecule has 0 bridgehead atoms. The van der Waals surface area contributed by atoms with Gasteiger partial charge in [-0.15, -0.1) is 0 Å². The standard InChI is InChI=1S/C13H21F2N3/c1-5-16-11-9(14)8-10(15)12(18-11)17-7-6-13(2,3)4/h8H,5-7H2,1-4H3,(H2,16,17,18). The van der Waals surface area contributed by atoms with E-state index in [-0.39, 0.29) is 17.1 Å². The lowest BCUT2D eigenvalue weighted by Crippen LogP contribution is -2.15. The molecule has 0 unspecified atom stereocenters. The largest absolute Gasteiger partial charge is 0.368 e. The highest BCUT2D eigenvalue weighted by Crippen LogP contribution is 2.21. The Morgan fingerprint density at radius 3 is 2.17 bits per heavy atom. The van der Waals surface area contributed by atoms with Crippen LogP contribution in [0, 0.1) is 17.0 Å². The second kappa shape index (κ2) is 5.98. The van der Waals surface area contributed by atoms with Gasteiger partial charge in [-0.1, -0.05) is 20.8 Å². The van der Waals surface area contributed by atoms with Crippen LogP contribution >= 0.6 is 0 Å². The van der Waals surface area contributed by atoms with E-state index in [4.69, 9.17) is 0 Å². The summed E-state index contributed by atoms with van der Waals surface area (Å²) in [6, 6.07) is 0.852. The molecule has 0 fully saturated rings. The van der Waals surface area contributed by atoms with Crippen LogP contribution in [0.1, 0.15) is 34.1 Å². The zero-order valence-corrected chi connectivity index (χ0v) is 11.4. The second-order valence-electron chi connectivity index (χ2n) is 5.42. The van der Waals surface area contributed by atoms with Crippen LogP contribution in [-0.4, -0.2) is 18.1 Å². The van der Waals surface area contributed by atoms with Crippen molar-refractivity contribution >= 4 is 11.6 Å². The lowest BCUT2D eigenvalue weighted by Gasteiger charge is -2.18. The molecule has 0 aliphatic carbocycles. The third-order valence-electron chi connectivity index (χ3n) is 2.44. The molecule has 0 saturated carbocycles. The molecule has 0 spiro atoms. The summed E-state index contributed by atoms with van der Waals surface area (Å²) >= 11 is 0. The molecular weight excluding hydrogens is 236 g/mol. The van der Waals surface area contributed by atoms with E-state index in [1.807, 2.05) is 6.92 Å². The first-order valence-electron chi connectivity index (χ1n) is 6.17. The number of pyridine rings is 1. The molecule has 3 nitrogen and oxygen atoms in total. The van der Waals surface area contributed by atoms with E-state index in [0.29, 0.717) is 13.1 Å². The van der Waals surface area contributed by atoms with E-state index < -0.39 is 11.6 Å². The number of hydrogen-bond donors (Lipinski definition) is 2. The van der Waals surface area contributed by atoms with Crippen LogP contribution in [0.2, 0.25) is 0 Å². The average Bonchev–Trinajstić information content (AvgIpc) is 2.23. The molecule has 0 aliphatic heterocycles. The molecule has 0 atom stereocenters. The lowest BCUT2D eigenvalue weighted by atomic mass is 9.92. The van der Waals surface area contributed by atoms with Gasteiger partial charge in [-0.3, -0.25) is 0 Å². The Bertz CT molecular complexity index is 400. The summed E-state index contributed by atoms with van der Waals surface area (Å²) in [7, 11) is 0. The maximum Gasteiger partial charge on any atom is 0.168 e. The highest BCUT2D eigenvalue weighted by atomic mass is 19.1. The number of nitrogens with zero attached hydrogens (tertiary/aromatic N) is 1. The van der Waals surface area contributed by atoms with Crippen molar-refractivity contribution < 1.29 is 8.78 Å². The Labute approximate surface area is 107 Å². The van der Waals surface area contributed by atoms with Crippen LogP contribution in [0.3, 0.4) is 0 Å². The molecule has 0 saturated heterocycles. The first-order valence-corrected chi connectivity index (χ1v) is 6.17. The lowest BCUT2D eigenvalue weighted by molar-refractivity contribution is 0.389. The van der Waals surface area contributed by atoms with Crippen LogP contribution in [0.5, 0.6) is 0 Å². The van der Waals surface area contributed by atoms with Gasteiger partial charge in [-0.2, -0.15) is 0 Å². The smallest absolute Gasteiger partial charge is 0.168 e. The first-order chi connectivity index (χ1) is 8.33. The molecule has 0 radical (unpaired) electrons. The summed E-state index contributed by atoms with van der Waals surface area (Å²) < 4.78 is 26.8. The summed E-state index contributed by atoms with van der Waals surface area (Å²) in [5.74, 6) is -1.16. The quantitative estimate of drug-likeness (QED) is 0.845. The van der Waals surface area contributed by atoms with Gasteiger partial charge in [-0.05, 0) is 18.8 Å². The molecule has 102 valence electrons. The maximum atomic E-state index is 13.5. The molecule has 2 N–H and O–H groups in total. The van der Waals surface area contributed by atoms with Crippen molar-refractivity contribution in [3.8, 4) is 0 Å². The van der Waals surface area contributed by atoms with Gasteiger partial charge in [0, 0.05) is 19.2 Å². The molecule has 0 aliphatic rings. The van der Waals surface area contributed by atoms with Crippen molar-refractivity contribution in [1.29, 1.82) is 0 Å². The van der Waals surface area contributed by atoms with Crippen LogP contribution < -0.4 is 10.6 Å². The number of halogens is 2. The number of nitrogens with one attached hydrogen (secondary N) is 2. The predicted molar refractivity (Wildman–Crippen MR) is 70.9 cm³/mol. The number of anilines is 2. The third-order valence-corrected chi connectivity index (χ3v) is 2.44. The van der Waals surface area contributed by atoms with Crippen molar-refractivity contribution in [3.63, 3.8) is 0 Å². The highest BCUT2D eigenvalue weighted by Gasteiger charge is 2.13. The van der Waals surface area contributed by atoms with Gasteiger partial charge in [0.1, 0.15) is 0 Å². The van der Waals surface area contributed by atoms with Crippen molar-refractivity contribution in [2.24, 2.45) is 5.41 Å². The minimum atomic E-state index is -0.671. The number of rotatable bonds is 5. The Hall–Kier alpha value is -1.39. The van der Waals surface area contributed by atoms with E-state index in [2.05, 4.69) is 36.4 Å². The summed E-state index contributed by atoms with van der Waals surface area (Å²) in [6.07, 6.45) is 0.877. The second-order valence-corrected chi connectivity index (χ2v) is 5.42. The highest BCUT2D eigenvalue weighted by molar-refractivity contribution is 5.47. The van der Waals surface area contributed by atoms with Gasteiger partial charge < -0.3 is 10.6 Å². The van der Waals surface area contributed by atoms with Gasteiger partial charge in [0.2, 0.25) is 0 Å². The van der Waals surface area contributed by atoms with E-state index >= 15 is 0 Å². The minimum absolute atomic E-state index is 0.0807. The molecule has 1 rings (SSSR count). The number of hydrogen-bond acceptors (Lipinski definition) is 3. The van der Waals surface area contributed by atoms with E-state index in [0.717, 1.165) is 12.5 Å². The summed E-state index contributed by atoms with van der Waals surface area (Å²) in [4.78, 5) is 3.91. The van der Waals surface area contributed by atoms with Gasteiger partial charge in [0.15, 0.2) is 23.3 Å². The SMILES string of the molecule is CCNc1nc(NCCC(C)(C)C)c(F)cc1F. The van der Waals surface area contributed by atoms with Crippen LogP contribution in [0.15, 0.2) is 6.07 Å². The van der Waals surface area contributed by atoms with Gasteiger partial charge in [0.05, 0.1) is 0 Å². The van der Waals surface area contributed by atoms with Gasteiger partial charge >= 0.3 is 0 Å². The molecule has 0 amide bonds. The monoisotopic (exact) mass is 257 g/mol. The van der Waals surface area contributed by atoms with E-state index in [1.54, 1.807) is 0 Å². The van der Waals surface area contributed by atoms with Crippen molar-refractivity contribution in [2.75, 3.05) is 23.7 Å². The molecule has 0 aromatic carbocycles. The topological polar surface area (TPSA) is 37.0 Å². The third kappa shape index (κ3) is 4.47. The fourth-order valence-corrected chi connectivity index (χ4v) is 1.44. The maximum absolute atomic E-state index is 13.5. The molecule has 1 aromatic rings. The van der Waals surface area contributed by atoms with E-state index in [1.165, 1.54) is 0 Å². The van der Waals surface area contributed by atoms with Crippen molar-refractivity contribution in [2.45, 2.75) is 34.1 Å². The van der Waals surface area contributed by atoms with Crippen molar-refractivity contribution in [1.82, 2.24) is 4.98 Å². The fourth-order valence-electron chi connectivity index (χ4n) is 1.44. The molecule has 1 heterocycles. The molecular formula is C13H21F2N3. The van der Waals surface area contributed by atoms with Crippen LogP contribution in [0.25, 0.3) is 0 Å². The summed E-state index contributed by atoms with van der Waals surface area (Å²) in [5, 5.41) is 5.66.